The highest BCUT2D eigenvalue weighted by Gasteiger charge is 2.26. The molecule has 8 nitrogen and oxygen atoms in total. The van der Waals surface area contributed by atoms with E-state index in [1.54, 1.807) is 38.1 Å². The maximum Gasteiger partial charge on any atom is 0.243 e. The normalized spacial score (nSPS) is 13.8. The number of carbonyl (C=O) groups is 2. The van der Waals surface area contributed by atoms with E-state index in [2.05, 4.69) is 5.32 Å². The van der Waals surface area contributed by atoms with E-state index in [1.807, 2.05) is 4.90 Å². The maximum atomic E-state index is 13.0. The lowest BCUT2D eigenvalue weighted by atomic mass is 10.1. The Morgan fingerprint density at radius 3 is 2.35 bits per heavy atom. The van der Waals surface area contributed by atoms with Crippen LogP contribution in [0.4, 0.5) is 5.69 Å². The molecule has 2 aromatic carbocycles. The van der Waals surface area contributed by atoms with Crippen molar-refractivity contribution in [3.63, 3.8) is 0 Å². The van der Waals surface area contributed by atoms with Crippen molar-refractivity contribution >= 4 is 39.1 Å². The third-order valence-electron chi connectivity index (χ3n) is 5.57. The van der Waals surface area contributed by atoms with Gasteiger partial charge in [-0.15, -0.1) is 0 Å². The number of rotatable bonds is 10. The zero-order valence-electron chi connectivity index (χ0n) is 19.4. The SMILES string of the molecule is CCOc1ccc(S(=O)(=O)N(CC)CC(=O)Nc2ccc(CC(=O)N3CCCC3)cc2)cc1Cl. The number of hydrogen-bond donors (Lipinski definition) is 1. The number of sulfonamides is 1. The van der Waals surface area contributed by atoms with E-state index in [4.69, 9.17) is 16.3 Å². The van der Waals surface area contributed by atoms with Gasteiger partial charge in [0.1, 0.15) is 5.75 Å². The van der Waals surface area contributed by atoms with Gasteiger partial charge in [0, 0.05) is 25.3 Å². The Labute approximate surface area is 205 Å². The summed E-state index contributed by atoms with van der Waals surface area (Å²) in [7, 11) is -3.93. The van der Waals surface area contributed by atoms with E-state index < -0.39 is 15.9 Å². The van der Waals surface area contributed by atoms with Crippen LogP contribution >= 0.6 is 11.6 Å². The largest absolute Gasteiger partial charge is 0.492 e. The minimum absolute atomic E-state index is 0.0115. The van der Waals surface area contributed by atoms with Gasteiger partial charge in [0.15, 0.2) is 0 Å². The molecule has 0 unspecified atom stereocenters. The predicted octanol–water partition coefficient (Wildman–Crippen LogP) is 3.55. The van der Waals surface area contributed by atoms with E-state index in [1.165, 1.54) is 18.2 Å². The molecular weight excluding hydrogens is 478 g/mol. The summed E-state index contributed by atoms with van der Waals surface area (Å²) in [6, 6.07) is 11.2. The molecule has 184 valence electrons. The number of amides is 2. The summed E-state index contributed by atoms with van der Waals surface area (Å²) in [4.78, 5) is 26.7. The zero-order valence-corrected chi connectivity index (χ0v) is 21.0. The molecule has 3 rings (SSSR count). The standard InChI is InChI=1S/C24H30ClN3O5S/c1-3-28(34(31,32)20-11-12-22(33-4-2)21(25)16-20)17-23(29)26-19-9-7-18(8-10-19)15-24(30)27-13-5-6-14-27/h7-12,16H,3-6,13-15,17H2,1-2H3,(H,26,29). The molecule has 1 aliphatic rings. The van der Waals surface area contributed by atoms with Crippen LogP contribution < -0.4 is 10.1 Å². The third-order valence-corrected chi connectivity index (χ3v) is 7.78. The first kappa shape index (κ1) is 26.0. The van der Waals surface area contributed by atoms with Gasteiger partial charge >= 0.3 is 0 Å². The number of halogens is 1. The molecule has 34 heavy (non-hydrogen) atoms. The number of benzene rings is 2. The van der Waals surface area contributed by atoms with Gasteiger partial charge in [0.2, 0.25) is 21.8 Å². The van der Waals surface area contributed by atoms with Crippen LogP contribution in [0.1, 0.15) is 32.3 Å². The van der Waals surface area contributed by atoms with Gasteiger partial charge in [0.25, 0.3) is 0 Å². The minimum atomic E-state index is -3.93. The molecule has 0 spiro atoms. The van der Waals surface area contributed by atoms with Crippen molar-refractivity contribution < 1.29 is 22.7 Å². The van der Waals surface area contributed by atoms with Gasteiger partial charge < -0.3 is 15.0 Å². The predicted molar refractivity (Wildman–Crippen MR) is 132 cm³/mol. The summed E-state index contributed by atoms with van der Waals surface area (Å²) < 4.78 is 32.5. The summed E-state index contributed by atoms with van der Waals surface area (Å²) in [6.07, 6.45) is 2.42. The lowest BCUT2D eigenvalue weighted by Gasteiger charge is -2.20. The summed E-state index contributed by atoms with van der Waals surface area (Å²) in [5.74, 6) is 0.0327. The van der Waals surface area contributed by atoms with E-state index in [-0.39, 0.29) is 28.9 Å². The molecule has 0 aliphatic carbocycles. The van der Waals surface area contributed by atoms with Crippen molar-refractivity contribution in [3.05, 3.63) is 53.1 Å². The second-order valence-electron chi connectivity index (χ2n) is 7.97. The van der Waals surface area contributed by atoms with E-state index in [9.17, 15) is 18.0 Å². The number of ether oxygens (including phenoxy) is 1. The molecule has 2 amide bonds. The first-order valence-corrected chi connectivity index (χ1v) is 13.2. The number of nitrogens with zero attached hydrogens (tertiary/aromatic N) is 2. The molecule has 0 atom stereocenters. The second-order valence-corrected chi connectivity index (χ2v) is 10.3. The third kappa shape index (κ3) is 6.49. The van der Waals surface area contributed by atoms with Crippen LogP contribution in [-0.2, 0) is 26.0 Å². The number of nitrogens with one attached hydrogen (secondary N) is 1. The lowest BCUT2D eigenvalue weighted by molar-refractivity contribution is -0.129. The number of hydrogen-bond acceptors (Lipinski definition) is 5. The monoisotopic (exact) mass is 507 g/mol. The Morgan fingerprint density at radius 1 is 1.09 bits per heavy atom. The molecule has 0 saturated carbocycles. The second kappa shape index (κ2) is 11.7. The molecule has 1 heterocycles. The van der Waals surface area contributed by atoms with Gasteiger partial charge in [-0.2, -0.15) is 4.31 Å². The van der Waals surface area contributed by atoms with Gasteiger partial charge in [-0.1, -0.05) is 30.7 Å². The fraction of sp³-hybridized carbons (Fsp3) is 0.417. The summed E-state index contributed by atoms with van der Waals surface area (Å²) in [5, 5.41) is 2.90. The average molecular weight is 508 g/mol. The van der Waals surface area contributed by atoms with Crippen LogP contribution in [0.25, 0.3) is 0 Å². The minimum Gasteiger partial charge on any atom is -0.492 e. The van der Waals surface area contributed by atoms with Gasteiger partial charge in [0.05, 0.1) is 29.5 Å². The molecule has 0 bridgehead atoms. The van der Waals surface area contributed by atoms with Crippen LogP contribution in [0.2, 0.25) is 5.02 Å². The van der Waals surface area contributed by atoms with Crippen molar-refractivity contribution in [2.45, 2.75) is 38.0 Å². The van der Waals surface area contributed by atoms with Crippen LogP contribution in [0.3, 0.4) is 0 Å². The Balaban J connectivity index is 1.61. The Kier molecular flexibility index (Phi) is 8.93. The topological polar surface area (TPSA) is 96.0 Å². The lowest BCUT2D eigenvalue weighted by Crippen LogP contribution is -2.37. The molecule has 1 aliphatic heterocycles. The molecule has 1 N–H and O–H groups in total. The Morgan fingerprint density at radius 2 is 1.76 bits per heavy atom. The van der Waals surface area contributed by atoms with E-state index in [0.29, 0.717) is 24.5 Å². The fourth-order valence-corrected chi connectivity index (χ4v) is 5.48. The van der Waals surface area contributed by atoms with Gasteiger partial charge in [-0.3, -0.25) is 9.59 Å². The Hall–Kier alpha value is -2.62. The van der Waals surface area contributed by atoms with Crippen LogP contribution in [0.5, 0.6) is 5.75 Å². The molecule has 10 heteroatoms. The zero-order chi connectivity index (χ0) is 24.7. The van der Waals surface area contributed by atoms with Crippen LogP contribution in [-0.4, -0.2) is 62.2 Å². The van der Waals surface area contributed by atoms with Gasteiger partial charge in [-0.05, 0) is 55.7 Å². The summed E-state index contributed by atoms with van der Waals surface area (Å²) in [6.45, 7) is 5.26. The number of likely N-dealkylation sites (N-methyl/N-ethyl adjacent to an activating group) is 1. The van der Waals surface area contributed by atoms with Gasteiger partial charge in [-0.25, -0.2) is 8.42 Å². The first-order valence-electron chi connectivity index (χ1n) is 11.3. The molecule has 1 saturated heterocycles. The highest BCUT2D eigenvalue weighted by atomic mass is 35.5. The van der Waals surface area contributed by atoms with Crippen molar-refractivity contribution in [1.82, 2.24) is 9.21 Å². The van der Waals surface area contributed by atoms with Crippen LogP contribution in [0.15, 0.2) is 47.4 Å². The average Bonchev–Trinajstić information content (AvgIpc) is 3.35. The molecule has 1 fully saturated rings. The highest BCUT2D eigenvalue weighted by molar-refractivity contribution is 7.89. The number of anilines is 1. The Bertz CT molecular complexity index is 1120. The van der Waals surface area contributed by atoms with Crippen molar-refractivity contribution in [3.8, 4) is 5.75 Å². The summed E-state index contributed by atoms with van der Waals surface area (Å²) >= 11 is 6.15. The van der Waals surface area contributed by atoms with E-state index >= 15 is 0 Å². The van der Waals surface area contributed by atoms with Crippen molar-refractivity contribution in [1.29, 1.82) is 0 Å². The quantitative estimate of drug-likeness (QED) is 0.530. The number of likely N-dealkylation sites (tertiary alicyclic amines) is 1. The van der Waals surface area contributed by atoms with E-state index in [0.717, 1.165) is 35.8 Å². The smallest absolute Gasteiger partial charge is 0.243 e. The van der Waals surface area contributed by atoms with Crippen molar-refractivity contribution in [2.24, 2.45) is 0 Å². The molecular formula is C24H30ClN3O5S. The summed E-state index contributed by atoms with van der Waals surface area (Å²) in [5.41, 5.74) is 1.39. The number of carbonyl (C=O) groups excluding carboxylic acids is 2. The fourth-order valence-electron chi connectivity index (χ4n) is 3.75. The van der Waals surface area contributed by atoms with Crippen LogP contribution in [0, 0.1) is 0 Å². The first-order chi connectivity index (χ1) is 16.2. The molecule has 0 radical (unpaired) electrons. The van der Waals surface area contributed by atoms with Crippen molar-refractivity contribution in [2.75, 3.05) is 38.1 Å². The molecule has 2 aromatic rings. The highest BCUT2D eigenvalue weighted by Crippen LogP contribution is 2.28. The maximum absolute atomic E-state index is 13.0. The molecule has 0 aromatic heterocycles.